The zero-order valence-corrected chi connectivity index (χ0v) is 14.0. The Morgan fingerprint density at radius 1 is 1.38 bits per heavy atom. The van der Waals surface area contributed by atoms with Crippen molar-refractivity contribution in [3.05, 3.63) is 0 Å². The number of primary amides is 1. The van der Waals surface area contributed by atoms with Crippen LogP contribution in [0.15, 0.2) is 0 Å². The molecule has 2 amide bonds. The summed E-state index contributed by atoms with van der Waals surface area (Å²) >= 11 is 1.92. The van der Waals surface area contributed by atoms with Gasteiger partial charge in [-0.1, -0.05) is 0 Å². The number of hydrogen-bond donors (Lipinski definition) is 2. The number of carbonyl (C=O) groups excluding carboxylic acids is 2. The Balaban J connectivity index is 0.00000220. The normalized spacial score (nSPS) is 26.0. The highest BCUT2D eigenvalue weighted by atomic mass is 35.5. The van der Waals surface area contributed by atoms with E-state index in [1.54, 1.807) is 0 Å². The average molecular weight is 336 g/mol. The first kappa shape index (κ1) is 18.6. The molecule has 0 bridgehead atoms. The van der Waals surface area contributed by atoms with Crippen molar-refractivity contribution in [2.75, 3.05) is 31.1 Å². The molecule has 2 unspecified atom stereocenters. The van der Waals surface area contributed by atoms with E-state index in [-0.39, 0.29) is 24.2 Å². The minimum absolute atomic E-state index is 0. The van der Waals surface area contributed by atoms with Crippen LogP contribution in [0.5, 0.6) is 0 Å². The van der Waals surface area contributed by atoms with Gasteiger partial charge >= 0.3 is 0 Å². The van der Waals surface area contributed by atoms with Crippen molar-refractivity contribution in [3.8, 4) is 0 Å². The molecule has 0 aliphatic carbocycles. The molecule has 2 aliphatic rings. The molecule has 2 rings (SSSR count). The predicted octanol–water partition coefficient (Wildman–Crippen LogP) is 1.01. The standard InChI is InChI=1S/C14H25N3O2S.ClH/c15-13(18)4-3-11-2-1-6-17(9-11)14(19)8-12-10-20-7-5-16-12;/h11-12,16H,1-10H2,(H2,15,18);1H. The van der Waals surface area contributed by atoms with E-state index >= 15 is 0 Å². The monoisotopic (exact) mass is 335 g/mol. The van der Waals surface area contributed by atoms with Crippen molar-refractivity contribution >= 4 is 36.0 Å². The number of rotatable bonds is 5. The third-order valence-electron chi connectivity index (χ3n) is 4.09. The summed E-state index contributed by atoms with van der Waals surface area (Å²) < 4.78 is 0. The summed E-state index contributed by atoms with van der Waals surface area (Å²) in [7, 11) is 0. The minimum Gasteiger partial charge on any atom is -0.370 e. The molecule has 0 saturated carbocycles. The van der Waals surface area contributed by atoms with Gasteiger partial charge in [-0.15, -0.1) is 12.4 Å². The number of thioether (sulfide) groups is 1. The second-order valence-electron chi connectivity index (χ2n) is 5.78. The number of nitrogens with zero attached hydrogens (tertiary/aromatic N) is 1. The van der Waals surface area contributed by atoms with Gasteiger partial charge in [0.2, 0.25) is 11.8 Å². The number of nitrogens with two attached hydrogens (primary N) is 1. The summed E-state index contributed by atoms with van der Waals surface area (Å²) in [5.41, 5.74) is 5.20. The maximum absolute atomic E-state index is 12.3. The number of hydrogen-bond acceptors (Lipinski definition) is 4. The fourth-order valence-corrected chi connectivity index (χ4v) is 3.91. The molecule has 7 heteroatoms. The van der Waals surface area contributed by atoms with Crippen molar-refractivity contribution in [3.63, 3.8) is 0 Å². The van der Waals surface area contributed by atoms with E-state index in [4.69, 9.17) is 5.73 Å². The second-order valence-corrected chi connectivity index (χ2v) is 6.93. The molecule has 5 nitrogen and oxygen atoms in total. The molecule has 2 saturated heterocycles. The van der Waals surface area contributed by atoms with Crippen molar-refractivity contribution in [2.24, 2.45) is 11.7 Å². The first-order chi connectivity index (χ1) is 9.65. The molecular weight excluding hydrogens is 310 g/mol. The molecule has 122 valence electrons. The van der Waals surface area contributed by atoms with Crippen LogP contribution in [0, 0.1) is 5.92 Å². The zero-order chi connectivity index (χ0) is 14.4. The molecule has 0 spiro atoms. The largest absolute Gasteiger partial charge is 0.370 e. The number of carbonyl (C=O) groups is 2. The van der Waals surface area contributed by atoms with E-state index in [0.717, 1.165) is 50.4 Å². The summed E-state index contributed by atoms with van der Waals surface area (Å²) in [6.45, 7) is 2.67. The van der Waals surface area contributed by atoms with E-state index in [1.807, 2.05) is 16.7 Å². The maximum Gasteiger partial charge on any atom is 0.224 e. The van der Waals surface area contributed by atoms with Crippen LogP contribution in [0.1, 0.15) is 32.1 Å². The Labute approximate surface area is 137 Å². The van der Waals surface area contributed by atoms with Crippen molar-refractivity contribution in [1.29, 1.82) is 0 Å². The number of halogens is 1. The summed E-state index contributed by atoms with van der Waals surface area (Å²) in [4.78, 5) is 25.2. The maximum atomic E-state index is 12.3. The quantitative estimate of drug-likeness (QED) is 0.786. The Hall–Kier alpha value is -0.460. The molecule has 3 N–H and O–H groups in total. The van der Waals surface area contributed by atoms with Crippen LogP contribution in [0.3, 0.4) is 0 Å². The van der Waals surface area contributed by atoms with Gasteiger partial charge in [-0.25, -0.2) is 0 Å². The van der Waals surface area contributed by atoms with E-state index in [0.29, 0.717) is 24.8 Å². The van der Waals surface area contributed by atoms with E-state index in [9.17, 15) is 9.59 Å². The fourth-order valence-electron chi connectivity index (χ4n) is 2.96. The van der Waals surface area contributed by atoms with Gasteiger partial charge in [-0.05, 0) is 25.2 Å². The highest BCUT2D eigenvalue weighted by Crippen LogP contribution is 2.22. The van der Waals surface area contributed by atoms with Gasteiger partial charge in [0.1, 0.15) is 0 Å². The highest BCUT2D eigenvalue weighted by Gasteiger charge is 2.26. The number of nitrogens with one attached hydrogen (secondary N) is 1. The Kier molecular flexibility index (Phi) is 8.44. The van der Waals surface area contributed by atoms with Crippen LogP contribution in [-0.4, -0.2) is 53.9 Å². The molecule has 2 fully saturated rings. The summed E-state index contributed by atoms with van der Waals surface area (Å²) in [6, 6.07) is 0.326. The fraction of sp³-hybridized carbons (Fsp3) is 0.857. The first-order valence-corrected chi connectivity index (χ1v) is 8.68. The third-order valence-corrected chi connectivity index (χ3v) is 5.22. The van der Waals surface area contributed by atoms with Gasteiger partial charge in [-0.2, -0.15) is 11.8 Å². The van der Waals surface area contributed by atoms with Gasteiger partial charge in [0, 0.05) is 50.0 Å². The van der Waals surface area contributed by atoms with E-state index in [1.165, 1.54) is 0 Å². The molecule has 2 aliphatic heterocycles. The molecule has 2 heterocycles. The molecule has 0 radical (unpaired) electrons. The minimum atomic E-state index is -0.239. The smallest absolute Gasteiger partial charge is 0.224 e. The van der Waals surface area contributed by atoms with Gasteiger partial charge in [0.15, 0.2) is 0 Å². The van der Waals surface area contributed by atoms with Crippen LogP contribution in [0.25, 0.3) is 0 Å². The van der Waals surface area contributed by atoms with Crippen LogP contribution in [-0.2, 0) is 9.59 Å². The Morgan fingerprint density at radius 3 is 2.86 bits per heavy atom. The van der Waals surface area contributed by atoms with Crippen molar-refractivity contribution in [1.82, 2.24) is 10.2 Å². The van der Waals surface area contributed by atoms with Crippen LogP contribution in [0.4, 0.5) is 0 Å². The molecular formula is C14H26ClN3O2S. The molecule has 0 aromatic carbocycles. The number of likely N-dealkylation sites (tertiary alicyclic amines) is 1. The summed E-state index contributed by atoms with van der Waals surface area (Å²) in [6.07, 6.45) is 4.01. The number of piperidine rings is 1. The van der Waals surface area contributed by atoms with Crippen molar-refractivity contribution < 1.29 is 9.59 Å². The first-order valence-electron chi connectivity index (χ1n) is 7.52. The average Bonchev–Trinajstić information content (AvgIpc) is 2.46. The van der Waals surface area contributed by atoms with Gasteiger partial charge < -0.3 is 16.0 Å². The Bertz CT molecular complexity index is 351. The topological polar surface area (TPSA) is 75.4 Å². The molecule has 2 atom stereocenters. The lowest BCUT2D eigenvalue weighted by Crippen LogP contribution is -2.45. The third kappa shape index (κ3) is 6.45. The second kappa shape index (κ2) is 9.54. The Morgan fingerprint density at radius 2 is 2.19 bits per heavy atom. The highest BCUT2D eigenvalue weighted by molar-refractivity contribution is 7.99. The van der Waals surface area contributed by atoms with Gasteiger partial charge in [0.25, 0.3) is 0 Å². The van der Waals surface area contributed by atoms with Crippen LogP contribution in [0.2, 0.25) is 0 Å². The lowest BCUT2D eigenvalue weighted by Gasteiger charge is -2.34. The molecule has 21 heavy (non-hydrogen) atoms. The van der Waals surface area contributed by atoms with E-state index in [2.05, 4.69) is 5.32 Å². The van der Waals surface area contributed by atoms with Crippen LogP contribution < -0.4 is 11.1 Å². The van der Waals surface area contributed by atoms with Crippen LogP contribution >= 0.6 is 24.2 Å². The zero-order valence-electron chi connectivity index (χ0n) is 12.4. The predicted molar refractivity (Wildman–Crippen MR) is 88.7 cm³/mol. The summed E-state index contributed by atoms with van der Waals surface area (Å²) in [5, 5.41) is 3.41. The lowest BCUT2D eigenvalue weighted by atomic mass is 9.93. The molecule has 0 aromatic rings. The van der Waals surface area contributed by atoms with Crippen molar-refractivity contribution in [2.45, 2.75) is 38.1 Å². The SMILES string of the molecule is Cl.NC(=O)CCC1CCCN(C(=O)CC2CSCCN2)C1. The number of amides is 2. The van der Waals surface area contributed by atoms with Gasteiger partial charge in [-0.3, -0.25) is 9.59 Å². The molecule has 0 aromatic heterocycles. The van der Waals surface area contributed by atoms with E-state index < -0.39 is 0 Å². The summed E-state index contributed by atoms with van der Waals surface area (Å²) in [5.74, 6) is 2.63. The van der Waals surface area contributed by atoms with Gasteiger partial charge in [0.05, 0.1) is 0 Å². The lowest BCUT2D eigenvalue weighted by molar-refractivity contribution is -0.133.